The van der Waals surface area contributed by atoms with Crippen molar-refractivity contribution in [2.75, 3.05) is 10.0 Å². The van der Waals surface area contributed by atoms with E-state index in [-0.39, 0.29) is 16.6 Å². The topological polar surface area (TPSA) is 101 Å². The molecule has 8 heteroatoms. The number of hydrogen-bond acceptors (Lipinski definition) is 5. The van der Waals surface area contributed by atoms with Crippen LogP contribution in [0.4, 0.5) is 11.5 Å². The van der Waals surface area contributed by atoms with Gasteiger partial charge in [0.2, 0.25) is 0 Å². The molecule has 0 aliphatic carbocycles. The molecule has 0 unspecified atom stereocenters. The van der Waals surface area contributed by atoms with E-state index < -0.39 is 10.0 Å². The van der Waals surface area contributed by atoms with Gasteiger partial charge in [0.05, 0.1) is 4.90 Å². The summed E-state index contributed by atoms with van der Waals surface area (Å²) >= 11 is 0. The minimum atomic E-state index is -3.81. The van der Waals surface area contributed by atoms with Crippen molar-refractivity contribution in [2.24, 2.45) is 0 Å². The van der Waals surface area contributed by atoms with Gasteiger partial charge in [0, 0.05) is 17.3 Å². The van der Waals surface area contributed by atoms with Crippen LogP contribution in [0.25, 0.3) is 10.8 Å². The Kier molecular flexibility index (Phi) is 4.77. The van der Waals surface area contributed by atoms with Crippen molar-refractivity contribution in [2.45, 2.75) is 11.8 Å². The van der Waals surface area contributed by atoms with Crippen LogP contribution in [0, 0.1) is 6.92 Å². The zero-order valence-corrected chi connectivity index (χ0v) is 16.2. The second-order valence-corrected chi connectivity index (χ2v) is 8.15. The van der Waals surface area contributed by atoms with Crippen LogP contribution in [0.1, 0.15) is 16.1 Å². The molecule has 0 spiro atoms. The number of carbonyl (C=O) groups excluding carboxylic acids is 1. The number of nitrogens with one attached hydrogen (secondary N) is 2. The fourth-order valence-corrected chi connectivity index (χ4v) is 3.85. The van der Waals surface area contributed by atoms with Crippen molar-refractivity contribution < 1.29 is 17.7 Å². The number of aromatic nitrogens is 1. The van der Waals surface area contributed by atoms with Crippen LogP contribution in [0.3, 0.4) is 0 Å². The van der Waals surface area contributed by atoms with E-state index in [1.165, 1.54) is 30.3 Å². The molecule has 3 aromatic carbocycles. The van der Waals surface area contributed by atoms with Gasteiger partial charge in [-0.1, -0.05) is 35.5 Å². The van der Waals surface area contributed by atoms with E-state index in [0.29, 0.717) is 17.0 Å². The Morgan fingerprint density at radius 1 is 0.931 bits per heavy atom. The van der Waals surface area contributed by atoms with Crippen LogP contribution in [0.2, 0.25) is 0 Å². The largest absolute Gasteiger partial charge is 0.360 e. The first-order valence-corrected chi connectivity index (χ1v) is 10.3. The Bertz CT molecular complexity index is 1300. The standard InChI is InChI=1S/C21H17N3O4S/c1-14-12-20(23-28-14)24-29(26,27)19-10-8-18(9-11-19)22-21(25)17-7-6-15-4-2-3-5-16(15)13-17/h2-13H,1H3,(H,22,25)(H,23,24). The first kappa shape index (κ1) is 18.7. The van der Waals surface area contributed by atoms with E-state index in [1.807, 2.05) is 36.4 Å². The Balaban J connectivity index is 1.49. The summed E-state index contributed by atoms with van der Waals surface area (Å²) in [5, 5.41) is 8.41. The van der Waals surface area contributed by atoms with Crippen molar-refractivity contribution in [3.05, 3.63) is 84.1 Å². The number of fused-ring (bicyclic) bond motifs is 1. The predicted octanol–water partition coefficient (Wildman–Crippen LogP) is 4.19. The van der Waals surface area contributed by atoms with Crippen molar-refractivity contribution in [1.82, 2.24) is 5.16 Å². The van der Waals surface area contributed by atoms with E-state index in [1.54, 1.807) is 13.0 Å². The Labute approximate surface area is 167 Å². The van der Waals surface area contributed by atoms with Gasteiger partial charge in [-0.15, -0.1) is 0 Å². The molecule has 0 saturated heterocycles. The molecule has 0 bridgehead atoms. The Hall–Kier alpha value is -3.65. The van der Waals surface area contributed by atoms with Gasteiger partial charge in [-0.3, -0.25) is 9.52 Å². The number of nitrogens with zero attached hydrogens (tertiary/aromatic N) is 1. The minimum absolute atomic E-state index is 0.0434. The third-order valence-corrected chi connectivity index (χ3v) is 5.67. The second kappa shape index (κ2) is 7.40. The lowest BCUT2D eigenvalue weighted by Crippen LogP contribution is -2.14. The average molecular weight is 407 g/mol. The molecule has 4 aromatic rings. The molecular weight excluding hydrogens is 390 g/mol. The first-order chi connectivity index (χ1) is 13.9. The predicted molar refractivity (Wildman–Crippen MR) is 110 cm³/mol. The van der Waals surface area contributed by atoms with Crippen molar-refractivity contribution >= 4 is 38.2 Å². The van der Waals surface area contributed by atoms with Gasteiger partial charge in [-0.25, -0.2) is 8.42 Å². The van der Waals surface area contributed by atoms with Crippen molar-refractivity contribution in [3.8, 4) is 0 Å². The maximum absolute atomic E-state index is 12.5. The van der Waals surface area contributed by atoms with Crippen LogP contribution in [-0.2, 0) is 10.0 Å². The number of rotatable bonds is 5. The average Bonchev–Trinajstić information content (AvgIpc) is 3.12. The summed E-state index contributed by atoms with van der Waals surface area (Å²) in [6, 6.07) is 20.6. The number of sulfonamides is 1. The molecule has 0 fully saturated rings. The van der Waals surface area contributed by atoms with Crippen LogP contribution < -0.4 is 10.0 Å². The van der Waals surface area contributed by atoms with Gasteiger partial charge in [-0.2, -0.15) is 0 Å². The lowest BCUT2D eigenvalue weighted by molar-refractivity contribution is 0.102. The minimum Gasteiger partial charge on any atom is -0.360 e. The molecule has 1 heterocycles. The van der Waals surface area contributed by atoms with E-state index in [2.05, 4.69) is 15.2 Å². The Morgan fingerprint density at radius 3 is 2.34 bits per heavy atom. The molecule has 1 amide bonds. The number of anilines is 2. The van der Waals surface area contributed by atoms with Crippen LogP contribution >= 0.6 is 0 Å². The number of aryl methyl sites for hydroxylation is 1. The van der Waals surface area contributed by atoms with Gasteiger partial charge < -0.3 is 9.84 Å². The summed E-state index contributed by atoms with van der Waals surface area (Å²) in [5.41, 5.74) is 1.00. The van der Waals surface area contributed by atoms with E-state index in [9.17, 15) is 13.2 Å². The second-order valence-electron chi connectivity index (χ2n) is 6.47. The summed E-state index contributed by atoms with van der Waals surface area (Å²) in [6.45, 7) is 1.66. The summed E-state index contributed by atoms with van der Waals surface area (Å²) in [5.74, 6) is 0.327. The van der Waals surface area contributed by atoms with E-state index in [0.717, 1.165) is 10.8 Å². The first-order valence-electron chi connectivity index (χ1n) is 8.77. The summed E-state index contributed by atoms with van der Waals surface area (Å²) in [6.07, 6.45) is 0. The molecule has 0 aliphatic rings. The molecule has 146 valence electrons. The molecule has 0 saturated carbocycles. The third kappa shape index (κ3) is 4.12. The van der Waals surface area contributed by atoms with Gasteiger partial charge in [0.15, 0.2) is 5.82 Å². The number of carbonyl (C=O) groups is 1. The summed E-state index contributed by atoms with van der Waals surface area (Å²) in [4.78, 5) is 12.6. The van der Waals surface area contributed by atoms with Crippen LogP contribution in [0.5, 0.6) is 0 Å². The molecule has 1 aromatic heterocycles. The summed E-state index contributed by atoms with van der Waals surface area (Å²) < 4.78 is 32.0. The number of benzene rings is 3. The van der Waals surface area contributed by atoms with E-state index >= 15 is 0 Å². The van der Waals surface area contributed by atoms with Crippen LogP contribution in [0.15, 0.2) is 82.2 Å². The quantitative estimate of drug-likeness (QED) is 0.517. The Morgan fingerprint density at radius 2 is 1.66 bits per heavy atom. The molecule has 29 heavy (non-hydrogen) atoms. The highest BCUT2D eigenvalue weighted by molar-refractivity contribution is 7.92. The molecule has 2 N–H and O–H groups in total. The maximum Gasteiger partial charge on any atom is 0.263 e. The lowest BCUT2D eigenvalue weighted by Gasteiger charge is -2.08. The van der Waals surface area contributed by atoms with Crippen molar-refractivity contribution in [1.29, 1.82) is 0 Å². The number of amides is 1. The fourth-order valence-electron chi connectivity index (χ4n) is 2.86. The van der Waals surface area contributed by atoms with Gasteiger partial charge in [-0.05, 0) is 54.1 Å². The van der Waals surface area contributed by atoms with E-state index in [4.69, 9.17) is 4.52 Å². The zero-order chi connectivity index (χ0) is 20.4. The highest BCUT2D eigenvalue weighted by atomic mass is 32.2. The molecule has 4 rings (SSSR count). The highest BCUT2D eigenvalue weighted by Crippen LogP contribution is 2.20. The van der Waals surface area contributed by atoms with Crippen molar-refractivity contribution in [3.63, 3.8) is 0 Å². The number of hydrogen-bond donors (Lipinski definition) is 2. The third-order valence-electron chi connectivity index (χ3n) is 4.30. The normalized spacial score (nSPS) is 11.3. The molecule has 0 radical (unpaired) electrons. The molecular formula is C21H17N3O4S. The highest BCUT2D eigenvalue weighted by Gasteiger charge is 2.16. The van der Waals surface area contributed by atoms with Gasteiger partial charge in [0.25, 0.3) is 15.9 Å². The monoisotopic (exact) mass is 407 g/mol. The fraction of sp³-hybridized carbons (Fsp3) is 0.0476. The molecule has 0 aliphatic heterocycles. The zero-order valence-electron chi connectivity index (χ0n) is 15.4. The molecule has 0 atom stereocenters. The maximum atomic E-state index is 12.5. The summed E-state index contributed by atoms with van der Waals surface area (Å²) in [7, 11) is -3.81. The van der Waals surface area contributed by atoms with Gasteiger partial charge in [0.1, 0.15) is 5.76 Å². The van der Waals surface area contributed by atoms with Crippen LogP contribution in [-0.4, -0.2) is 19.5 Å². The smallest absolute Gasteiger partial charge is 0.263 e. The van der Waals surface area contributed by atoms with Gasteiger partial charge >= 0.3 is 0 Å². The SMILES string of the molecule is Cc1cc(NS(=O)(=O)c2ccc(NC(=O)c3ccc4ccccc4c3)cc2)no1. The lowest BCUT2D eigenvalue weighted by atomic mass is 10.1. The molecule has 7 nitrogen and oxygen atoms in total.